The number of imide groups is 1. The van der Waals surface area contributed by atoms with Crippen LogP contribution in [-0.2, 0) is 11.2 Å². The molecular weight excluding hydrogens is 350 g/mol. The molecule has 0 bridgehead atoms. The molecule has 1 fully saturated rings. The molecule has 3 rings (SSSR count). The number of rotatable bonds is 5. The van der Waals surface area contributed by atoms with Crippen molar-refractivity contribution in [2.75, 3.05) is 19.1 Å². The number of thioether (sulfide) groups is 1. The molecule has 0 radical (unpaired) electrons. The zero-order valence-corrected chi connectivity index (χ0v) is 15.6. The second kappa shape index (κ2) is 7.66. The van der Waals surface area contributed by atoms with Crippen molar-refractivity contribution < 1.29 is 19.1 Å². The molecule has 1 saturated heterocycles. The van der Waals surface area contributed by atoms with E-state index in [1.165, 1.54) is 4.90 Å². The maximum atomic E-state index is 12.9. The summed E-state index contributed by atoms with van der Waals surface area (Å²) in [7, 11) is 3.09. The van der Waals surface area contributed by atoms with E-state index in [0.29, 0.717) is 27.7 Å². The van der Waals surface area contributed by atoms with Crippen LogP contribution in [0.2, 0.25) is 0 Å². The third-order valence-corrected chi connectivity index (χ3v) is 5.00. The Morgan fingerprint density at radius 1 is 1.04 bits per heavy atom. The number of methoxy groups -OCH3 is 2. The number of aryl methyl sites for hydroxylation is 1. The fourth-order valence-corrected chi connectivity index (χ4v) is 3.70. The summed E-state index contributed by atoms with van der Waals surface area (Å²) in [5, 5.41) is -0.302. The Hall–Kier alpha value is -2.73. The Morgan fingerprint density at radius 3 is 2.50 bits per heavy atom. The predicted octanol–water partition coefficient (Wildman–Crippen LogP) is 4.51. The minimum absolute atomic E-state index is 0.302. The molecule has 26 heavy (non-hydrogen) atoms. The summed E-state index contributed by atoms with van der Waals surface area (Å²) in [5.74, 6) is 0.762. The second-order valence-electron chi connectivity index (χ2n) is 5.58. The lowest BCUT2D eigenvalue weighted by atomic mass is 10.1. The summed E-state index contributed by atoms with van der Waals surface area (Å²) in [6, 6.07) is 12.8. The zero-order chi connectivity index (χ0) is 18.7. The third kappa shape index (κ3) is 3.20. The Morgan fingerprint density at radius 2 is 1.81 bits per heavy atom. The standard InChI is InChI=1S/C20H19NO4S/c1-4-13-8-5-6-10-15(13)21-19(22)17(26-20(21)23)12-14-9-7-11-16(24-2)18(14)25-3/h5-12H,4H2,1-3H3/b17-12-. The average molecular weight is 369 g/mol. The number of hydrogen-bond donors (Lipinski definition) is 0. The molecule has 0 aromatic heterocycles. The number of para-hydroxylation sites is 2. The van der Waals surface area contributed by atoms with Crippen molar-refractivity contribution in [2.24, 2.45) is 0 Å². The summed E-state index contributed by atoms with van der Waals surface area (Å²) >= 11 is 0.925. The molecule has 2 aromatic rings. The first-order valence-corrected chi connectivity index (χ1v) is 8.99. The Kier molecular flexibility index (Phi) is 5.32. The quantitative estimate of drug-likeness (QED) is 0.726. The van der Waals surface area contributed by atoms with E-state index in [1.54, 1.807) is 32.4 Å². The van der Waals surface area contributed by atoms with Crippen LogP contribution in [0.5, 0.6) is 11.5 Å². The van der Waals surface area contributed by atoms with Gasteiger partial charge in [0.1, 0.15) is 0 Å². The van der Waals surface area contributed by atoms with Crippen molar-refractivity contribution in [1.82, 2.24) is 0 Å². The van der Waals surface area contributed by atoms with Gasteiger partial charge in [0.15, 0.2) is 11.5 Å². The van der Waals surface area contributed by atoms with Gasteiger partial charge in [-0.15, -0.1) is 0 Å². The van der Waals surface area contributed by atoms with Gasteiger partial charge in [-0.05, 0) is 42.0 Å². The van der Waals surface area contributed by atoms with Crippen LogP contribution in [0.25, 0.3) is 6.08 Å². The Labute approximate surface area is 156 Å². The van der Waals surface area contributed by atoms with Gasteiger partial charge in [-0.1, -0.05) is 37.3 Å². The number of carbonyl (C=O) groups is 2. The summed E-state index contributed by atoms with van der Waals surface area (Å²) in [6.07, 6.45) is 2.40. The lowest BCUT2D eigenvalue weighted by Gasteiger charge is -2.16. The minimum atomic E-state index is -0.328. The van der Waals surface area contributed by atoms with Crippen LogP contribution in [0, 0.1) is 0 Å². The van der Waals surface area contributed by atoms with Crippen LogP contribution in [0.1, 0.15) is 18.1 Å². The fraction of sp³-hybridized carbons (Fsp3) is 0.200. The maximum Gasteiger partial charge on any atom is 0.298 e. The first-order valence-electron chi connectivity index (χ1n) is 8.17. The highest BCUT2D eigenvalue weighted by atomic mass is 32.2. The van der Waals surface area contributed by atoms with Gasteiger partial charge in [-0.2, -0.15) is 0 Å². The highest BCUT2D eigenvalue weighted by Gasteiger charge is 2.37. The van der Waals surface area contributed by atoms with E-state index in [1.807, 2.05) is 37.3 Å². The predicted molar refractivity (Wildman–Crippen MR) is 104 cm³/mol. The van der Waals surface area contributed by atoms with Crippen LogP contribution < -0.4 is 14.4 Å². The Bertz CT molecular complexity index is 891. The number of carbonyl (C=O) groups excluding carboxylic acids is 2. The highest BCUT2D eigenvalue weighted by molar-refractivity contribution is 8.19. The fourth-order valence-electron chi connectivity index (χ4n) is 2.87. The molecule has 0 N–H and O–H groups in total. The van der Waals surface area contributed by atoms with Crippen LogP contribution >= 0.6 is 11.8 Å². The molecule has 0 aliphatic carbocycles. The first-order chi connectivity index (χ1) is 12.6. The maximum absolute atomic E-state index is 12.9. The molecule has 1 aliphatic heterocycles. The van der Waals surface area contributed by atoms with Gasteiger partial charge < -0.3 is 9.47 Å². The van der Waals surface area contributed by atoms with Crippen molar-refractivity contribution in [2.45, 2.75) is 13.3 Å². The van der Waals surface area contributed by atoms with Crippen LogP contribution in [0.15, 0.2) is 47.4 Å². The molecule has 2 amide bonds. The lowest BCUT2D eigenvalue weighted by Crippen LogP contribution is -2.28. The van der Waals surface area contributed by atoms with Crippen LogP contribution in [0.4, 0.5) is 10.5 Å². The molecule has 5 nitrogen and oxygen atoms in total. The molecule has 1 heterocycles. The Balaban J connectivity index is 2.01. The first kappa shape index (κ1) is 18.1. The van der Waals surface area contributed by atoms with Crippen LogP contribution in [0.3, 0.4) is 0 Å². The minimum Gasteiger partial charge on any atom is -0.493 e. The van der Waals surface area contributed by atoms with Crippen molar-refractivity contribution in [3.8, 4) is 11.5 Å². The topological polar surface area (TPSA) is 55.8 Å². The van der Waals surface area contributed by atoms with Gasteiger partial charge in [0.25, 0.3) is 11.1 Å². The monoisotopic (exact) mass is 369 g/mol. The normalized spacial score (nSPS) is 15.7. The lowest BCUT2D eigenvalue weighted by molar-refractivity contribution is -0.113. The average Bonchev–Trinajstić information content (AvgIpc) is 2.94. The summed E-state index contributed by atoms with van der Waals surface area (Å²) in [4.78, 5) is 27.0. The highest BCUT2D eigenvalue weighted by Crippen LogP contribution is 2.39. The molecule has 0 unspecified atom stereocenters. The van der Waals surface area contributed by atoms with Crippen molar-refractivity contribution in [3.63, 3.8) is 0 Å². The van der Waals surface area contributed by atoms with Gasteiger partial charge in [-0.3, -0.25) is 9.59 Å². The number of anilines is 1. The molecule has 0 atom stereocenters. The van der Waals surface area contributed by atoms with E-state index >= 15 is 0 Å². The van der Waals surface area contributed by atoms with E-state index in [2.05, 4.69) is 0 Å². The molecule has 134 valence electrons. The smallest absolute Gasteiger partial charge is 0.298 e. The van der Waals surface area contributed by atoms with Crippen LogP contribution in [-0.4, -0.2) is 25.4 Å². The zero-order valence-electron chi connectivity index (χ0n) is 14.8. The number of benzene rings is 2. The SMILES string of the molecule is CCc1ccccc1N1C(=O)S/C(=C\c2cccc(OC)c2OC)C1=O. The summed E-state index contributed by atoms with van der Waals surface area (Å²) in [5.41, 5.74) is 2.27. The van der Waals surface area contributed by atoms with Crippen molar-refractivity contribution >= 4 is 34.7 Å². The molecule has 0 spiro atoms. The van der Waals surface area contributed by atoms with Gasteiger partial charge in [0.05, 0.1) is 24.8 Å². The summed E-state index contributed by atoms with van der Waals surface area (Å²) < 4.78 is 10.7. The number of amides is 2. The van der Waals surface area contributed by atoms with Gasteiger partial charge in [-0.25, -0.2) is 4.90 Å². The molecule has 2 aromatic carbocycles. The van der Waals surface area contributed by atoms with Gasteiger partial charge in [0, 0.05) is 5.56 Å². The van der Waals surface area contributed by atoms with Gasteiger partial charge >= 0.3 is 0 Å². The number of nitrogens with zero attached hydrogens (tertiary/aromatic N) is 1. The summed E-state index contributed by atoms with van der Waals surface area (Å²) in [6.45, 7) is 1.99. The second-order valence-corrected chi connectivity index (χ2v) is 6.58. The largest absolute Gasteiger partial charge is 0.493 e. The van der Waals surface area contributed by atoms with E-state index in [4.69, 9.17) is 9.47 Å². The van der Waals surface area contributed by atoms with Crippen molar-refractivity contribution in [1.29, 1.82) is 0 Å². The van der Waals surface area contributed by atoms with E-state index in [0.717, 1.165) is 23.7 Å². The van der Waals surface area contributed by atoms with Gasteiger partial charge in [0.2, 0.25) is 0 Å². The van der Waals surface area contributed by atoms with Crippen molar-refractivity contribution in [3.05, 3.63) is 58.5 Å². The third-order valence-electron chi connectivity index (χ3n) is 4.13. The van der Waals surface area contributed by atoms with E-state index in [9.17, 15) is 9.59 Å². The van der Waals surface area contributed by atoms with E-state index < -0.39 is 0 Å². The molecule has 1 aliphatic rings. The van der Waals surface area contributed by atoms with E-state index in [-0.39, 0.29) is 11.1 Å². The number of hydrogen-bond acceptors (Lipinski definition) is 5. The number of ether oxygens (including phenoxy) is 2. The molecule has 6 heteroatoms. The molecular formula is C20H19NO4S. The molecule has 0 saturated carbocycles.